The summed E-state index contributed by atoms with van der Waals surface area (Å²) in [6.07, 6.45) is 6.56. The fourth-order valence-corrected chi connectivity index (χ4v) is 9.82. The summed E-state index contributed by atoms with van der Waals surface area (Å²) in [4.78, 5) is 11.3. The molecule has 1 amide bonds. The number of aliphatic hydroxyl groups is 3. The number of rotatable bonds is 4. The summed E-state index contributed by atoms with van der Waals surface area (Å²) in [5.41, 5.74) is 6.59. The summed E-state index contributed by atoms with van der Waals surface area (Å²) in [6.45, 7) is 8.90. The summed E-state index contributed by atoms with van der Waals surface area (Å²) in [6, 6.07) is 8.21. The zero-order valence-corrected chi connectivity index (χ0v) is 24.7. The zero-order valence-electron chi connectivity index (χ0n) is 23.1. The van der Waals surface area contributed by atoms with Gasteiger partial charge in [0.1, 0.15) is 0 Å². The Morgan fingerprint density at radius 1 is 1.11 bits per heavy atom. The van der Waals surface area contributed by atoms with Crippen LogP contribution in [-0.4, -0.2) is 39.5 Å². The summed E-state index contributed by atoms with van der Waals surface area (Å²) in [7, 11) is 0. The summed E-state index contributed by atoms with van der Waals surface area (Å²) in [5.74, 6) is 1.72. The second-order valence-corrected chi connectivity index (χ2v) is 14.2. The third-order valence-electron chi connectivity index (χ3n) is 11.3. The van der Waals surface area contributed by atoms with Crippen molar-refractivity contribution in [3.8, 4) is 0 Å². The van der Waals surface area contributed by atoms with Crippen LogP contribution < -0.4 is 5.73 Å². The van der Waals surface area contributed by atoms with Crippen LogP contribution >= 0.6 is 15.9 Å². The van der Waals surface area contributed by atoms with Crippen molar-refractivity contribution in [2.75, 3.05) is 0 Å². The van der Waals surface area contributed by atoms with E-state index in [1.165, 1.54) is 5.56 Å². The first kappa shape index (κ1) is 29.0. The Balaban J connectivity index is 0.000000342. The lowest BCUT2D eigenvalue weighted by atomic mass is 9.43. The van der Waals surface area contributed by atoms with Crippen LogP contribution in [0.15, 0.2) is 28.7 Å². The van der Waals surface area contributed by atoms with Gasteiger partial charge in [-0.1, -0.05) is 54.4 Å². The molecule has 0 heterocycles. The number of benzene rings is 1. The fraction of sp³-hybridized carbons (Fsp3) is 0.774. The van der Waals surface area contributed by atoms with Crippen LogP contribution in [0.5, 0.6) is 0 Å². The maximum absolute atomic E-state index is 11.5. The maximum Gasteiger partial charge on any atom is 0.217 e. The van der Waals surface area contributed by atoms with E-state index in [9.17, 15) is 20.1 Å². The van der Waals surface area contributed by atoms with Crippen molar-refractivity contribution < 1.29 is 20.1 Å². The molecule has 5 rings (SSSR count). The number of halogens is 1. The molecule has 1 aromatic rings. The van der Waals surface area contributed by atoms with Crippen LogP contribution in [0, 0.1) is 53.3 Å². The Bertz CT molecular complexity index is 940. The number of hydrogen-bond acceptors (Lipinski definition) is 4. The quantitative estimate of drug-likeness (QED) is 0.373. The zero-order chi connectivity index (χ0) is 27.1. The Morgan fingerprint density at radius 3 is 2.46 bits per heavy atom. The molecule has 4 saturated carbocycles. The van der Waals surface area contributed by atoms with E-state index < -0.39 is 0 Å². The minimum Gasteiger partial charge on any atom is -0.393 e. The van der Waals surface area contributed by atoms with Gasteiger partial charge in [-0.2, -0.15) is 0 Å². The first-order valence-corrected chi connectivity index (χ1v) is 15.2. The van der Waals surface area contributed by atoms with Gasteiger partial charge in [-0.25, -0.2) is 0 Å². The summed E-state index contributed by atoms with van der Waals surface area (Å²) < 4.78 is 1.15. The third kappa shape index (κ3) is 5.55. The van der Waals surface area contributed by atoms with Crippen molar-refractivity contribution in [1.82, 2.24) is 0 Å². The van der Waals surface area contributed by atoms with Crippen LogP contribution in [0.3, 0.4) is 0 Å². The molecule has 37 heavy (non-hydrogen) atoms. The first-order chi connectivity index (χ1) is 17.4. The van der Waals surface area contributed by atoms with Gasteiger partial charge in [-0.3, -0.25) is 4.79 Å². The SMILES string of the molecule is C[C@H](CCC(N)=O)[C@H]1CC[C@H]2[C@@H]3[C@H](O)C[C@@H]4C[C@H](O)CC[C@]4(C)[C@H]3C[C@H](O)[C@]12C.Cc1cccc(Br)c1. The highest BCUT2D eigenvalue weighted by Gasteiger charge is 2.65. The molecule has 1 aromatic carbocycles. The van der Waals surface area contributed by atoms with E-state index in [1.54, 1.807) is 0 Å². The summed E-state index contributed by atoms with van der Waals surface area (Å²) >= 11 is 3.36. The minimum absolute atomic E-state index is 0.112. The van der Waals surface area contributed by atoms with E-state index in [0.29, 0.717) is 36.0 Å². The number of aliphatic hydroxyl groups excluding tert-OH is 3. The number of hydrogen-bond donors (Lipinski definition) is 4. The van der Waals surface area contributed by atoms with E-state index in [1.807, 2.05) is 12.1 Å². The second-order valence-electron chi connectivity index (χ2n) is 13.3. The largest absolute Gasteiger partial charge is 0.393 e. The van der Waals surface area contributed by atoms with Gasteiger partial charge in [0.2, 0.25) is 5.91 Å². The van der Waals surface area contributed by atoms with Crippen LogP contribution in [0.2, 0.25) is 0 Å². The smallest absolute Gasteiger partial charge is 0.217 e. The number of amides is 1. The average Bonchev–Trinajstić information content (AvgIpc) is 3.18. The molecule has 0 aromatic heterocycles. The number of carbonyl (C=O) groups is 1. The van der Waals surface area contributed by atoms with Crippen LogP contribution in [-0.2, 0) is 4.79 Å². The molecule has 11 atom stereocenters. The average molecular weight is 579 g/mol. The van der Waals surface area contributed by atoms with Crippen molar-refractivity contribution in [2.45, 2.75) is 104 Å². The van der Waals surface area contributed by atoms with Gasteiger partial charge in [-0.05, 0) is 117 Å². The van der Waals surface area contributed by atoms with Crippen molar-refractivity contribution in [3.05, 3.63) is 34.3 Å². The molecule has 208 valence electrons. The molecule has 0 spiro atoms. The van der Waals surface area contributed by atoms with Crippen molar-refractivity contribution in [1.29, 1.82) is 0 Å². The lowest BCUT2D eigenvalue weighted by Gasteiger charge is -2.63. The molecule has 0 radical (unpaired) electrons. The number of carbonyl (C=O) groups excluding carboxylic acids is 1. The molecule has 4 aliphatic carbocycles. The van der Waals surface area contributed by atoms with Gasteiger partial charge in [0.15, 0.2) is 0 Å². The molecule has 4 fully saturated rings. The fourth-order valence-electron chi connectivity index (χ4n) is 9.31. The van der Waals surface area contributed by atoms with Gasteiger partial charge < -0.3 is 21.1 Å². The van der Waals surface area contributed by atoms with E-state index in [-0.39, 0.29) is 41.0 Å². The number of aryl methyl sites for hydroxylation is 1. The third-order valence-corrected chi connectivity index (χ3v) is 11.8. The van der Waals surface area contributed by atoms with Crippen LogP contribution in [0.1, 0.15) is 84.1 Å². The van der Waals surface area contributed by atoms with Gasteiger partial charge in [-0.15, -0.1) is 0 Å². The lowest BCUT2D eigenvalue weighted by Crippen LogP contribution is -2.62. The highest BCUT2D eigenvalue weighted by Crippen LogP contribution is 2.68. The Morgan fingerprint density at radius 2 is 1.84 bits per heavy atom. The normalized spacial score (nSPS) is 43.5. The second kappa shape index (κ2) is 11.3. The van der Waals surface area contributed by atoms with Crippen LogP contribution in [0.4, 0.5) is 0 Å². The van der Waals surface area contributed by atoms with E-state index >= 15 is 0 Å². The highest BCUT2D eigenvalue weighted by atomic mass is 79.9. The topological polar surface area (TPSA) is 104 Å². The van der Waals surface area contributed by atoms with E-state index in [4.69, 9.17) is 5.73 Å². The minimum atomic E-state index is -0.369. The Hall–Kier alpha value is -0.950. The first-order valence-electron chi connectivity index (χ1n) is 14.4. The molecule has 0 unspecified atom stereocenters. The molecule has 5 N–H and O–H groups in total. The molecule has 0 bridgehead atoms. The van der Waals surface area contributed by atoms with Crippen molar-refractivity contribution in [2.24, 2.45) is 52.1 Å². The maximum atomic E-state index is 11.5. The van der Waals surface area contributed by atoms with E-state index in [0.717, 1.165) is 55.8 Å². The number of fused-ring (bicyclic) bond motifs is 5. The molecule has 4 aliphatic rings. The monoisotopic (exact) mass is 577 g/mol. The molecule has 0 saturated heterocycles. The summed E-state index contributed by atoms with van der Waals surface area (Å²) in [5, 5.41) is 33.0. The van der Waals surface area contributed by atoms with Gasteiger partial charge in [0.25, 0.3) is 0 Å². The highest BCUT2D eigenvalue weighted by molar-refractivity contribution is 9.10. The predicted molar refractivity (Wildman–Crippen MR) is 150 cm³/mol. The van der Waals surface area contributed by atoms with Crippen LogP contribution in [0.25, 0.3) is 0 Å². The molecule has 0 aliphatic heterocycles. The molecule has 5 nitrogen and oxygen atoms in total. The Kier molecular flexibility index (Phi) is 8.85. The predicted octanol–water partition coefficient (Wildman–Crippen LogP) is 5.61. The Labute approximate surface area is 231 Å². The molecular formula is C31H48BrNO4. The van der Waals surface area contributed by atoms with E-state index in [2.05, 4.69) is 55.8 Å². The standard InChI is InChI=1S/C24H41NO4.C7H7Br/c1-13(4-7-21(25)29)16-5-6-17-22-18(12-20(28)24(16,17)3)23(2)9-8-15(26)10-14(23)11-19(22)27;1-6-3-2-4-7(8)5-6/h13-20,22,26-28H,4-12H2,1-3H3,(H2,25,29);2-5H,1H3/t13-,14+,15-,16-,17+,18+,19-,20+,22+,23+,24-;/m1./s1. The van der Waals surface area contributed by atoms with Crippen molar-refractivity contribution in [3.63, 3.8) is 0 Å². The lowest BCUT2D eigenvalue weighted by molar-refractivity contribution is -0.207. The van der Waals surface area contributed by atoms with Crippen molar-refractivity contribution >= 4 is 21.8 Å². The van der Waals surface area contributed by atoms with Gasteiger partial charge >= 0.3 is 0 Å². The van der Waals surface area contributed by atoms with Gasteiger partial charge in [0.05, 0.1) is 18.3 Å². The molecular weight excluding hydrogens is 530 g/mol. The number of primary amides is 1. The van der Waals surface area contributed by atoms with Gasteiger partial charge in [0, 0.05) is 10.9 Å². The molecule has 6 heteroatoms. The number of nitrogens with two attached hydrogens (primary N) is 1.